The summed E-state index contributed by atoms with van der Waals surface area (Å²) in [6, 6.07) is 4.33. The average molecular weight is 476 g/mol. The van der Waals surface area contributed by atoms with E-state index in [4.69, 9.17) is 4.74 Å². The van der Waals surface area contributed by atoms with Crippen LogP contribution in [0.3, 0.4) is 0 Å². The van der Waals surface area contributed by atoms with E-state index < -0.39 is 0 Å². The molecular weight excluding hydrogens is 442 g/mol. The maximum atomic E-state index is 13.1. The van der Waals surface area contributed by atoms with Crippen LogP contribution in [0.25, 0.3) is 27.7 Å². The number of anilines is 1. The lowest BCUT2D eigenvalue weighted by Crippen LogP contribution is -2.37. The number of amides is 1. The molecule has 4 aromatic heterocycles. The first-order chi connectivity index (χ1) is 17.1. The van der Waals surface area contributed by atoms with Gasteiger partial charge in [0.25, 0.3) is 5.91 Å². The molecule has 1 saturated carbocycles. The molecule has 3 N–H and O–H groups in total. The van der Waals surface area contributed by atoms with E-state index in [0.717, 1.165) is 46.4 Å². The molecule has 0 aliphatic heterocycles. The van der Waals surface area contributed by atoms with Gasteiger partial charge in [0.2, 0.25) is 5.95 Å². The molecule has 1 aliphatic rings. The number of nitrogens with zero attached hydrogens (tertiary/aromatic N) is 4. The summed E-state index contributed by atoms with van der Waals surface area (Å²) in [5, 5.41) is 11.8. The van der Waals surface area contributed by atoms with Crippen LogP contribution in [0, 0.1) is 5.92 Å². The van der Waals surface area contributed by atoms with Crippen molar-refractivity contribution in [2.24, 2.45) is 5.92 Å². The molecule has 0 saturated heterocycles. The maximum Gasteiger partial charge on any atom is 0.255 e. The van der Waals surface area contributed by atoms with Gasteiger partial charge in [-0.05, 0) is 56.2 Å². The van der Waals surface area contributed by atoms with Crippen molar-refractivity contribution >= 4 is 28.4 Å². The van der Waals surface area contributed by atoms with E-state index in [-0.39, 0.29) is 18.0 Å². The van der Waals surface area contributed by atoms with Gasteiger partial charge in [-0.25, -0.2) is 9.50 Å². The smallest absolute Gasteiger partial charge is 0.255 e. The summed E-state index contributed by atoms with van der Waals surface area (Å²) < 4.78 is 6.92. The van der Waals surface area contributed by atoms with Crippen molar-refractivity contribution in [3.8, 4) is 11.1 Å². The number of aromatic amines is 1. The summed E-state index contributed by atoms with van der Waals surface area (Å²) in [6.45, 7) is 4.83. The maximum absolute atomic E-state index is 13.1. The minimum atomic E-state index is -0.0553. The molecule has 9 nitrogen and oxygen atoms in total. The Balaban J connectivity index is 1.38. The van der Waals surface area contributed by atoms with E-state index in [1.165, 1.54) is 19.3 Å². The van der Waals surface area contributed by atoms with Crippen LogP contribution in [-0.2, 0) is 4.74 Å². The Labute approximate surface area is 204 Å². The van der Waals surface area contributed by atoms with Gasteiger partial charge in [0.05, 0.1) is 23.9 Å². The molecule has 4 heterocycles. The van der Waals surface area contributed by atoms with Crippen LogP contribution in [-0.4, -0.2) is 56.3 Å². The Kier molecular flexibility index (Phi) is 6.68. The van der Waals surface area contributed by atoms with Gasteiger partial charge in [-0.3, -0.25) is 4.79 Å². The number of hydrogen-bond donors (Lipinski definition) is 3. The first-order valence-corrected chi connectivity index (χ1v) is 12.4. The van der Waals surface area contributed by atoms with Gasteiger partial charge in [-0.1, -0.05) is 13.3 Å². The second-order valence-electron chi connectivity index (χ2n) is 9.56. The normalized spacial score (nSPS) is 19.2. The lowest BCUT2D eigenvalue weighted by Gasteiger charge is -2.28. The molecule has 1 atom stereocenters. The lowest BCUT2D eigenvalue weighted by atomic mass is 9.84. The lowest BCUT2D eigenvalue weighted by molar-refractivity contribution is 0.0923. The molecule has 0 spiro atoms. The first-order valence-electron chi connectivity index (χ1n) is 12.4. The zero-order valence-electron chi connectivity index (χ0n) is 20.5. The molecule has 1 amide bonds. The third kappa shape index (κ3) is 4.86. The molecule has 1 fully saturated rings. The number of pyridine rings is 1. The SMILES string of the molecule is CCC1CCC(NC(=O)c2cnn3ccc(-c4c[nH]c5nc(N[C@@H](C)COC)ncc45)cc23)CC1. The van der Waals surface area contributed by atoms with Crippen LogP contribution in [0.4, 0.5) is 5.95 Å². The van der Waals surface area contributed by atoms with Crippen LogP contribution >= 0.6 is 0 Å². The summed E-state index contributed by atoms with van der Waals surface area (Å²) in [5.41, 5.74) is 4.07. The van der Waals surface area contributed by atoms with Crippen LogP contribution < -0.4 is 10.6 Å². The molecule has 0 aromatic carbocycles. The van der Waals surface area contributed by atoms with E-state index in [1.807, 2.05) is 37.6 Å². The molecule has 35 heavy (non-hydrogen) atoms. The fraction of sp³-hybridized carbons (Fsp3) is 0.462. The van der Waals surface area contributed by atoms with Gasteiger partial charge in [-0.15, -0.1) is 0 Å². The standard InChI is InChI=1S/C26H33N7O2/c1-4-17-5-7-19(8-6-17)31-25(34)22-14-29-33-10-9-18(11-23(22)33)20-12-27-24-21(20)13-28-26(32-24)30-16(2)15-35-3/h9-14,16-17,19H,4-8,15H2,1-3H3,(H,31,34)(H2,27,28,30,32)/t16-,17?,19?/m0/s1. The third-order valence-electron chi connectivity index (χ3n) is 7.06. The van der Waals surface area contributed by atoms with Crippen molar-refractivity contribution < 1.29 is 9.53 Å². The zero-order valence-corrected chi connectivity index (χ0v) is 20.5. The van der Waals surface area contributed by atoms with Gasteiger partial charge in [0, 0.05) is 48.7 Å². The number of methoxy groups -OCH3 is 1. The number of fused-ring (bicyclic) bond motifs is 2. The monoisotopic (exact) mass is 475 g/mol. The second kappa shape index (κ2) is 10.0. The van der Waals surface area contributed by atoms with Gasteiger partial charge in [0.15, 0.2) is 0 Å². The highest BCUT2D eigenvalue weighted by Crippen LogP contribution is 2.30. The third-order valence-corrected chi connectivity index (χ3v) is 7.06. The quantitative estimate of drug-likeness (QED) is 0.348. The fourth-order valence-corrected chi connectivity index (χ4v) is 5.03. The van der Waals surface area contributed by atoms with Crippen molar-refractivity contribution in [1.29, 1.82) is 0 Å². The molecule has 0 unspecified atom stereocenters. The highest BCUT2D eigenvalue weighted by Gasteiger charge is 2.23. The Morgan fingerprint density at radius 2 is 2.11 bits per heavy atom. The van der Waals surface area contributed by atoms with Crippen molar-refractivity contribution in [1.82, 2.24) is 29.9 Å². The van der Waals surface area contributed by atoms with Crippen molar-refractivity contribution in [3.05, 3.63) is 42.5 Å². The molecule has 1 aliphatic carbocycles. The summed E-state index contributed by atoms with van der Waals surface area (Å²) in [6.07, 6.45) is 13.0. The summed E-state index contributed by atoms with van der Waals surface area (Å²) in [5.74, 6) is 1.29. The van der Waals surface area contributed by atoms with E-state index in [1.54, 1.807) is 17.8 Å². The number of aromatic nitrogens is 5. The van der Waals surface area contributed by atoms with E-state index in [9.17, 15) is 4.79 Å². The first kappa shape index (κ1) is 23.3. The van der Waals surface area contributed by atoms with Crippen molar-refractivity contribution in [2.45, 2.75) is 58.0 Å². The molecule has 4 aromatic rings. The molecule has 9 heteroatoms. The van der Waals surface area contributed by atoms with Gasteiger partial charge in [-0.2, -0.15) is 10.1 Å². The number of rotatable bonds is 8. The zero-order chi connectivity index (χ0) is 24.4. The van der Waals surface area contributed by atoms with Gasteiger partial charge < -0.3 is 20.4 Å². The summed E-state index contributed by atoms with van der Waals surface area (Å²) >= 11 is 0. The molecule has 0 radical (unpaired) electrons. The number of carbonyl (C=O) groups excluding carboxylic acids is 1. The summed E-state index contributed by atoms with van der Waals surface area (Å²) in [4.78, 5) is 25.5. The Morgan fingerprint density at radius 1 is 1.29 bits per heavy atom. The minimum absolute atomic E-state index is 0.0553. The molecule has 5 rings (SSSR count). The number of H-pyrrole nitrogens is 1. The average Bonchev–Trinajstić information content (AvgIpc) is 3.48. The Bertz CT molecular complexity index is 1320. The van der Waals surface area contributed by atoms with E-state index in [0.29, 0.717) is 18.1 Å². The Morgan fingerprint density at radius 3 is 2.89 bits per heavy atom. The van der Waals surface area contributed by atoms with Crippen molar-refractivity contribution in [3.63, 3.8) is 0 Å². The van der Waals surface area contributed by atoms with E-state index in [2.05, 4.69) is 37.6 Å². The van der Waals surface area contributed by atoms with E-state index >= 15 is 0 Å². The number of hydrogen-bond acceptors (Lipinski definition) is 6. The van der Waals surface area contributed by atoms with Gasteiger partial charge in [0.1, 0.15) is 5.65 Å². The highest BCUT2D eigenvalue weighted by molar-refractivity contribution is 6.02. The molecule has 0 bridgehead atoms. The van der Waals surface area contributed by atoms with Crippen LogP contribution in [0.5, 0.6) is 0 Å². The number of nitrogens with one attached hydrogen (secondary N) is 3. The predicted octanol–water partition coefficient (Wildman–Crippen LogP) is 4.42. The summed E-state index contributed by atoms with van der Waals surface area (Å²) in [7, 11) is 1.67. The van der Waals surface area contributed by atoms with Crippen LogP contribution in [0.2, 0.25) is 0 Å². The number of ether oxygens (including phenoxy) is 1. The fourth-order valence-electron chi connectivity index (χ4n) is 5.03. The highest BCUT2D eigenvalue weighted by atomic mass is 16.5. The molecule has 184 valence electrons. The van der Waals surface area contributed by atoms with Gasteiger partial charge >= 0.3 is 0 Å². The van der Waals surface area contributed by atoms with Crippen molar-refractivity contribution in [2.75, 3.05) is 19.0 Å². The van der Waals surface area contributed by atoms with Crippen LogP contribution in [0.15, 0.2) is 36.9 Å². The largest absolute Gasteiger partial charge is 0.383 e. The second-order valence-corrected chi connectivity index (χ2v) is 9.56. The molecular formula is C26H33N7O2. The number of carbonyl (C=O) groups is 1. The predicted molar refractivity (Wildman–Crippen MR) is 137 cm³/mol. The topological polar surface area (TPSA) is 109 Å². The van der Waals surface area contributed by atoms with Crippen LogP contribution in [0.1, 0.15) is 56.3 Å². The Hall–Kier alpha value is -3.46. The minimum Gasteiger partial charge on any atom is -0.383 e.